The molecule has 0 amide bonds. The van der Waals surface area contributed by atoms with E-state index in [2.05, 4.69) is 22.5 Å². The Bertz CT molecular complexity index is 252. The molecule has 1 fully saturated rings. The molecule has 19 heavy (non-hydrogen) atoms. The third-order valence-corrected chi connectivity index (χ3v) is 3.09. The Hall–Kier alpha value is -0.0800. The standard InChI is InChI=1S/C13H27N3O2.HI/c1-11-10-12(11)16-13(14-2)15-6-4-5-7-18-9-8-17-3;/h11-12H,4-10H2,1-3H3,(H2,14,15,16);1H. The molecule has 2 unspecified atom stereocenters. The molecule has 2 atom stereocenters. The van der Waals surface area contributed by atoms with Gasteiger partial charge in [0.2, 0.25) is 0 Å². The first-order chi connectivity index (χ1) is 8.77. The van der Waals surface area contributed by atoms with E-state index >= 15 is 0 Å². The Morgan fingerprint density at radius 2 is 2.00 bits per heavy atom. The van der Waals surface area contributed by atoms with Crippen molar-refractivity contribution in [3.63, 3.8) is 0 Å². The number of guanidine groups is 1. The number of unbranched alkanes of at least 4 members (excludes halogenated alkanes) is 1. The number of hydrogen-bond acceptors (Lipinski definition) is 3. The van der Waals surface area contributed by atoms with Gasteiger partial charge in [-0.2, -0.15) is 0 Å². The van der Waals surface area contributed by atoms with Crippen LogP contribution in [0, 0.1) is 5.92 Å². The van der Waals surface area contributed by atoms with Crippen LogP contribution in [-0.2, 0) is 9.47 Å². The van der Waals surface area contributed by atoms with Gasteiger partial charge in [0.25, 0.3) is 0 Å². The van der Waals surface area contributed by atoms with Gasteiger partial charge in [-0.05, 0) is 25.2 Å². The van der Waals surface area contributed by atoms with Crippen LogP contribution in [0.3, 0.4) is 0 Å². The van der Waals surface area contributed by atoms with Gasteiger partial charge in [-0.1, -0.05) is 6.92 Å². The van der Waals surface area contributed by atoms with Gasteiger partial charge in [-0.3, -0.25) is 4.99 Å². The fourth-order valence-electron chi connectivity index (χ4n) is 1.67. The summed E-state index contributed by atoms with van der Waals surface area (Å²) >= 11 is 0. The van der Waals surface area contributed by atoms with Crippen molar-refractivity contribution in [3.05, 3.63) is 0 Å². The van der Waals surface area contributed by atoms with Gasteiger partial charge in [0.15, 0.2) is 5.96 Å². The molecule has 1 aliphatic carbocycles. The number of aliphatic imine (C=N–C) groups is 1. The minimum absolute atomic E-state index is 0. The summed E-state index contributed by atoms with van der Waals surface area (Å²) < 4.78 is 10.3. The van der Waals surface area contributed by atoms with Gasteiger partial charge in [-0.25, -0.2) is 0 Å². The normalized spacial score (nSPS) is 21.7. The predicted octanol–water partition coefficient (Wildman–Crippen LogP) is 1.62. The third kappa shape index (κ3) is 9.45. The number of hydrogen-bond donors (Lipinski definition) is 2. The zero-order valence-corrected chi connectivity index (χ0v) is 14.6. The van der Waals surface area contributed by atoms with E-state index in [1.807, 2.05) is 7.05 Å². The number of nitrogens with zero attached hydrogens (tertiary/aromatic N) is 1. The monoisotopic (exact) mass is 385 g/mol. The Balaban J connectivity index is 0.00000324. The number of halogens is 1. The second-order valence-corrected chi connectivity index (χ2v) is 4.78. The van der Waals surface area contributed by atoms with E-state index in [1.54, 1.807) is 7.11 Å². The molecule has 0 aromatic heterocycles. The summed E-state index contributed by atoms with van der Waals surface area (Å²) in [5.74, 6) is 1.71. The third-order valence-electron chi connectivity index (χ3n) is 3.09. The number of methoxy groups -OCH3 is 1. The average Bonchev–Trinajstić information content (AvgIpc) is 3.06. The SMILES string of the molecule is CN=C(NCCCCOCCOC)NC1CC1C.I. The first-order valence-electron chi connectivity index (χ1n) is 6.81. The van der Waals surface area contributed by atoms with Crippen molar-refractivity contribution in [3.8, 4) is 0 Å². The topological polar surface area (TPSA) is 54.9 Å². The minimum Gasteiger partial charge on any atom is -0.382 e. The van der Waals surface area contributed by atoms with Crippen molar-refractivity contribution >= 4 is 29.9 Å². The van der Waals surface area contributed by atoms with Crippen molar-refractivity contribution in [2.45, 2.75) is 32.2 Å². The first-order valence-corrected chi connectivity index (χ1v) is 6.81. The Kier molecular flexibility index (Phi) is 11.7. The molecule has 2 N–H and O–H groups in total. The summed E-state index contributed by atoms with van der Waals surface area (Å²) in [7, 11) is 3.50. The summed E-state index contributed by atoms with van der Waals surface area (Å²) in [5, 5.41) is 6.72. The Morgan fingerprint density at radius 1 is 1.26 bits per heavy atom. The molecule has 0 aliphatic heterocycles. The molecule has 0 aromatic carbocycles. The van der Waals surface area contributed by atoms with Crippen molar-refractivity contribution in [2.75, 3.05) is 40.5 Å². The highest BCUT2D eigenvalue weighted by molar-refractivity contribution is 14.0. The first kappa shape index (κ1) is 18.9. The molecule has 5 nitrogen and oxygen atoms in total. The van der Waals surface area contributed by atoms with Crippen LogP contribution in [0.15, 0.2) is 4.99 Å². The van der Waals surface area contributed by atoms with Gasteiger partial charge in [-0.15, -0.1) is 24.0 Å². The van der Waals surface area contributed by atoms with Crippen molar-refractivity contribution in [1.82, 2.24) is 10.6 Å². The molecule has 0 radical (unpaired) electrons. The molecule has 0 heterocycles. The fraction of sp³-hybridized carbons (Fsp3) is 0.923. The van der Waals surface area contributed by atoms with Gasteiger partial charge in [0.1, 0.15) is 0 Å². The molecule has 0 aromatic rings. The van der Waals surface area contributed by atoms with Crippen LogP contribution >= 0.6 is 24.0 Å². The van der Waals surface area contributed by atoms with Gasteiger partial charge >= 0.3 is 0 Å². The summed E-state index contributed by atoms with van der Waals surface area (Å²) in [4.78, 5) is 4.21. The summed E-state index contributed by atoms with van der Waals surface area (Å²) in [5.41, 5.74) is 0. The second-order valence-electron chi connectivity index (χ2n) is 4.78. The van der Waals surface area contributed by atoms with Crippen molar-refractivity contribution in [2.24, 2.45) is 10.9 Å². The number of nitrogens with one attached hydrogen (secondary N) is 2. The number of ether oxygens (including phenoxy) is 2. The van der Waals surface area contributed by atoms with Crippen LogP contribution in [0.1, 0.15) is 26.2 Å². The highest BCUT2D eigenvalue weighted by Crippen LogP contribution is 2.28. The lowest BCUT2D eigenvalue weighted by atomic mass is 10.3. The van der Waals surface area contributed by atoms with E-state index in [4.69, 9.17) is 9.47 Å². The maximum Gasteiger partial charge on any atom is 0.191 e. The summed E-state index contributed by atoms with van der Waals surface area (Å²) in [6.07, 6.45) is 3.41. The molecule has 0 spiro atoms. The molecule has 0 bridgehead atoms. The zero-order valence-electron chi connectivity index (χ0n) is 12.3. The highest BCUT2D eigenvalue weighted by Gasteiger charge is 2.32. The average molecular weight is 385 g/mol. The molecule has 0 saturated heterocycles. The summed E-state index contributed by atoms with van der Waals surface area (Å²) in [6.45, 7) is 5.36. The molecule has 1 aliphatic rings. The second kappa shape index (κ2) is 11.7. The largest absolute Gasteiger partial charge is 0.382 e. The molecule has 6 heteroatoms. The lowest BCUT2D eigenvalue weighted by Crippen LogP contribution is -2.39. The highest BCUT2D eigenvalue weighted by atomic mass is 127. The van der Waals surface area contributed by atoms with E-state index in [1.165, 1.54) is 6.42 Å². The van der Waals surface area contributed by atoms with Crippen molar-refractivity contribution < 1.29 is 9.47 Å². The maximum atomic E-state index is 5.40. The molecular formula is C13H28IN3O2. The van der Waals surface area contributed by atoms with E-state index in [-0.39, 0.29) is 24.0 Å². The lowest BCUT2D eigenvalue weighted by molar-refractivity contribution is 0.0689. The van der Waals surface area contributed by atoms with Crippen LogP contribution in [0.25, 0.3) is 0 Å². The smallest absolute Gasteiger partial charge is 0.191 e. The Morgan fingerprint density at radius 3 is 2.58 bits per heavy atom. The van der Waals surface area contributed by atoms with Crippen LogP contribution < -0.4 is 10.6 Å². The molecular weight excluding hydrogens is 357 g/mol. The van der Waals surface area contributed by atoms with Crippen LogP contribution in [0.4, 0.5) is 0 Å². The quantitative estimate of drug-likeness (QED) is 0.274. The van der Waals surface area contributed by atoms with E-state index in [0.717, 1.165) is 37.9 Å². The summed E-state index contributed by atoms with van der Waals surface area (Å²) in [6, 6.07) is 0.619. The van der Waals surface area contributed by atoms with Gasteiger partial charge in [0.05, 0.1) is 13.2 Å². The van der Waals surface area contributed by atoms with E-state index < -0.39 is 0 Å². The zero-order chi connectivity index (χ0) is 13.2. The van der Waals surface area contributed by atoms with Crippen LogP contribution in [-0.4, -0.2) is 52.5 Å². The van der Waals surface area contributed by atoms with E-state index in [9.17, 15) is 0 Å². The minimum atomic E-state index is 0. The Labute approximate surface area is 133 Å². The molecule has 114 valence electrons. The fourth-order valence-corrected chi connectivity index (χ4v) is 1.67. The lowest BCUT2D eigenvalue weighted by Gasteiger charge is -2.11. The maximum absolute atomic E-state index is 5.40. The van der Waals surface area contributed by atoms with E-state index in [0.29, 0.717) is 19.3 Å². The van der Waals surface area contributed by atoms with Gasteiger partial charge in [0, 0.05) is 33.4 Å². The van der Waals surface area contributed by atoms with Crippen LogP contribution in [0.2, 0.25) is 0 Å². The van der Waals surface area contributed by atoms with Gasteiger partial charge < -0.3 is 20.1 Å². The molecule has 1 saturated carbocycles. The predicted molar refractivity (Wildman–Crippen MR) is 89.4 cm³/mol. The van der Waals surface area contributed by atoms with Crippen molar-refractivity contribution in [1.29, 1.82) is 0 Å². The van der Waals surface area contributed by atoms with Crippen LogP contribution in [0.5, 0.6) is 0 Å². The molecule has 1 rings (SSSR count). The number of rotatable bonds is 9.